The normalized spacial score (nSPS) is 13.8. The van der Waals surface area contributed by atoms with E-state index in [0.717, 1.165) is 32.1 Å². The Morgan fingerprint density at radius 1 is 0.510 bits per heavy atom. The van der Waals surface area contributed by atoms with Crippen LogP contribution in [0.4, 0.5) is 0 Å². The molecule has 0 saturated heterocycles. The van der Waals surface area contributed by atoms with Gasteiger partial charge in [-0.2, -0.15) is 0 Å². The molecule has 0 aliphatic heterocycles. The highest BCUT2D eigenvalue weighted by Gasteiger charge is 2.20. The molecule has 49 heavy (non-hydrogen) atoms. The number of hydrogen-bond acceptors (Lipinski definition) is 4. The Balaban J connectivity index is 3.63. The van der Waals surface area contributed by atoms with Gasteiger partial charge in [0.25, 0.3) is 0 Å². The van der Waals surface area contributed by atoms with E-state index in [1.165, 1.54) is 167 Å². The van der Waals surface area contributed by atoms with E-state index in [4.69, 9.17) is 0 Å². The monoisotopic (exact) mass is 692 g/mol. The molecule has 0 aromatic carbocycles. The number of allylic oxidation sites excluding steroid dienone is 3. The Morgan fingerprint density at radius 2 is 0.878 bits per heavy atom. The average molecular weight is 692 g/mol. The molecule has 4 N–H and O–H groups in total. The van der Waals surface area contributed by atoms with E-state index < -0.39 is 18.2 Å². The molecule has 0 heterocycles. The molecule has 0 fully saturated rings. The van der Waals surface area contributed by atoms with E-state index in [1.54, 1.807) is 6.08 Å². The van der Waals surface area contributed by atoms with Crippen molar-refractivity contribution < 1.29 is 20.1 Å². The number of unbranched alkanes of at least 4 members (excludes halogenated alkanes) is 28. The van der Waals surface area contributed by atoms with Crippen LogP contribution in [0.25, 0.3) is 0 Å². The maximum Gasteiger partial charge on any atom is 0.222 e. The lowest BCUT2D eigenvalue weighted by Crippen LogP contribution is -2.45. The van der Waals surface area contributed by atoms with E-state index >= 15 is 0 Å². The topological polar surface area (TPSA) is 89.8 Å². The zero-order chi connectivity index (χ0) is 35.9. The summed E-state index contributed by atoms with van der Waals surface area (Å²) in [7, 11) is 0. The van der Waals surface area contributed by atoms with Crippen LogP contribution in [-0.2, 0) is 4.79 Å². The SMILES string of the molecule is CCCCCCCCCCCCCCCCCCCCC/C=C/CC/C=C/C(O)C(CO)NC(=O)CC(O)CCCCCCCCCCC. The summed E-state index contributed by atoms with van der Waals surface area (Å²) in [6.07, 6.45) is 47.7. The van der Waals surface area contributed by atoms with Crippen LogP contribution in [0, 0.1) is 0 Å². The molecular weight excluding hydrogens is 606 g/mol. The molecule has 0 bridgehead atoms. The standard InChI is InChI=1S/C44H85NO4/c1-3-5-7-9-11-13-14-15-16-17-18-19-20-21-22-23-24-25-26-27-28-30-32-34-36-38-43(48)42(40-46)45-44(49)39-41(47)37-35-33-31-29-12-10-8-6-4-2/h28,30,36,38,41-43,46-48H,3-27,29,31-35,37,39-40H2,1-2H3,(H,45,49)/b30-28+,38-36+. The second kappa shape index (κ2) is 39.6. The summed E-state index contributed by atoms with van der Waals surface area (Å²) in [5, 5.41) is 33.0. The minimum atomic E-state index is -0.947. The molecule has 0 aromatic heterocycles. The van der Waals surface area contributed by atoms with Gasteiger partial charge in [-0.25, -0.2) is 0 Å². The molecule has 0 aliphatic rings. The van der Waals surface area contributed by atoms with Crippen molar-refractivity contribution in [1.82, 2.24) is 5.32 Å². The van der Waals surface area contributed by atoms with E-state index in [0.29, 0.717) is 6.42 Å². The Kier molecular flexibility index (Phi) is 38.7. The minimum absolute atomic E-state index is 0.00819. The van der Waals surface area contributed by atoms with Crippen LogP contribution in [-0.4, -0.2) is 46.1 Å². The average Bonchev–Trinajstić information content (AvgIpc) is 3.09. The number of hydrogen-bond donors (Lipinski definition) is 4. The van der Waals surface area contributed by atoms with Crippen LogP contribution < -0.4 is 5.32 Å². The van der Waals surface area contributed by atoms with Gasteiger partial charge in [0.05, 0.1) is 31.3 Å². The third kappa shape index (κ3) is 36.4. The summed E-state index contributed by atoms with van der Waals surface area (Å²) in [4.78, 5) is 12.3. The predicted molar refractivity (Wildman–Crippen MR) is 213 cm³/mol. The first-order chi connectivity index (χ1) is 24.0. The van der Waals surface area contributed by atoms with Crippen molar-refractivity contribution in [2.75, 3.05) is 6.61 Å². The summed E-state index contributed by atoms with van der Waals surface area (Å²) in [6, 6.07) is -0.756. The van der Waals surface area contributed by atoms with E-state index in [2.05, 4.69) is 31.3 Å². The maximum atomic E-state index is 12.3. The summed E-state index contributed by atoms with van der Waals surface area (Å²) in [6.45, 7) is 4.18. The molecule has 1 amide bonds. The van der Waals surface area contributed by atoms with Gasteiger partial charge in [-0.3, -0.25) is 4.79 Å². The summed E-state index contributed by atoms with van der Waals surface area (Å²) >= 11 is 0. The van der Waals surface area contributed by atoms with Crippen LogP contribution in [0.2, 0.25) is 0 Å². The van der Waals surface area contributed by atoms with E-state index in [1.807, 2.05) is 6.08 Å². The Hall–Kier alpha value is -1.17. The molecule has 0 aliphatic carbocycles. The van der Waals surface area contributed by atoms with Gasteiger partial charge in [0, 0.05) is 0 Å². The Bertz CT molecular complexity index is 724. The lowest BCUT2D eigenvalue weighted by atomic mass is 10.0. The van der Waals surface area contributed by atoms with Gasteiger partial charge in [0.2, 0.25) is 5.91 Å². The molecule has 0 saturated carbocycles. The lowest BCUT2D eigenvalue weighted by Gasteiger charge is -2.21. The van der Waals surface area contributed by atoms with Gasteiger partial charge in [-0.05, 0) is 32.1 Å². The highest BCUT2D eigenvalue weighted by molar-refractivity contribution is 5.76. The van der Waals surface area contributed by atoms with Gasteiger partial charge < -0.3 is 20.6 Å². The molecule has 3 atom stereocenters. The molecule has 0 aromatic rings. The molecule has 5 heteroatoms. The number of rotatable bonds is 39. The predicted octanol–water partition coefficient (Wildman–Crippen LogP) is 12.2. The highest BCUT2D eigenvalue weighted by Crippen LogP contribution is 2.16. The highest BCUT2D eigenvalue weighted by atomic mass is 16.3. The van der Waals surface area contributed by atoms with Crippen LogP contribution in [0.5, 0.6) is 0 Å². The van der Waals surface area contributed by atoms with Crippen molar-refractivity contribution in [2.24, 2.45) is 0 Å². The number of aliphatic hydroxyl groups is 3. The largest absolute Gasteiger partial charge is 0.394 e. The smallest absolute Gasteiger partial charge is 0.222 e. The van der Waals surface area contributed by atoms with Crippen LogP contribution in [0.15, 0.2) is 24.3 Å². The van der Waals surface area contributed by atoms with E-state index in [-0.39, 0.29) is 18.9 Å². The number of amides is 1. The molecule has 0 radical (unpaired) electrons. The van der Waals surface area contributed by atoms with Crippen molar-refractivity contribution in [1.29, 1.82) is 0 Å². The van der Waals surface area contributed by atoms with Crippen LogP contribution in [0.1, 0.15) is 226 Å². The third-order valence-electron chi connectivity index (χ3n) is 9.99. The Morgan fingerprint density at radius 3 is 1.31 bits per heavy atom. The molecule has 3 unspecified atom stereocenters. The molecule has 0 spiro atoms. The molecule has 290 valence electrons. The second-order valence-electron chi connectivity index (χ2n) is 15.0. The van der Waals surface area contributed by atoms with E-state index in [9.17, 15) is 20.1 Å². The fourth-order valence-electron chi connectivity index (χ4n) is 6.65. The number of carbonyl (C=O) groups excluding carboxylic acids is 1. The van der Waals surface area contributed by atoms with Gasteiger partial charge in [-0.1, -0.05) is 212 Å². The zero-order valence-corrected chi connectivity index (χ0v) is 32.8. The molecule has 0 rings (SSSR count). The first-order valence-corrected chi connectivity index (χ1v) is 21.6. The quantitative estimate of drug-likeness (QED) is 0.0381. The van der Waals surface area contributed by atoms with Crippen molar-refractivity contribution in [3.05, 3.63) is 24.3 Å². The first kappa shape index (κ1) is 47.8. The summed E-state index contributed by atoms with van der Waals surface area (Å²) < 4.78 is 0. The van der Waals surface area contributed by atoms with Crippen molar-refractivity contribution in [2.45, 2.75) is 244 Å². The first-order valence-electron chi connectivity index (χ1n) is 21.6. The fourth-order valence-corrected chi connectivity index (χ4v) is 6.65. The summed E-state index contributed by atoms with van der Waals surface area (Å²) in [5.74, 6) is -0.326. The Labute approximate surface area is 305 Å². The number of aliphatic hydroxyl groups excluding tert-OH is 3. The van der Waals surface area contributed by atoms with Gasteiger partial charge in [0.15, 0.2) is 0 Å². The minimum Gasteiger partial charge on any atom is -0.394 e. The van der Waals surface area contributed by atoms with Crippen molar-refractivity contribution in [3.63, 3.8) is 0 Å². The van der Waals surface area contributed by atoms with Crippen molar-refractivity contribution >= 4 is 5.91 Å². The molecular formula is C44H85NO4. The number of carbonyl (C=O) groups is 1. The maximum absolute atomic E-state index is 12.3. The second-order valence-corrected chi connectivity index (χ2v) is 15.0. The summed E-state index contributed by atoms with van der Waals surface area (Å²) in [5.41, 5.74) is 0. The van der Waals surface area contributed by atoms with Gasteiger partial charge in [0.1, 0.15) is 0 Å². The van der Waals surface area contributed by atoms with Crippen molar-refractivity contribution in [3.8, 4) is 0 Å². The third-order valence-corrected chi connectivity index (χ3v) is 9.99. The van der Waals surface area contributed by atoms with Gasteiger partial charge >= 0.3 is 0 Å². The zero-order valence-electron chi connectivity index (χ0n) is 32.8. The number of nitrogens with one attached hydrogen (secondary N) is 1. The molecule has 5 nitrogen and oxygen atoms in total. The lowest BCUT2D eigenvalue weighted by molar-refractivity contribution is -0.124. The van der Waals surface area contributed by atoms with Gasteiger partial charge in [-0.15, -0.1) is 0 Å². The van der Waals surface area contributed by atoms with Crippen LogP contribution >= 0.6 is 0 Å². The fraction of sp³-hybridized carbons (Fsp3) is 0.886. The van der Waals surface area contributed by atoms with Crippen LogP contribution in [0.3, 0.4) is 0 Å².